The molecule has 1 heterocycles. The molecule has 3 N–H and O–H groups in total. The van der Waals surface area contributed by atoms with Gasteiger partial charge >= 0.3 is 5.97 Å². The molecule has 6 nitrogen and oxygen atoms in total. The highest BCUT2D eigenvalue weighted by Crippen LogP contribution is 2.11. The van der Waals surface area contributed by atoms with Crippen LogP contribution in [0.2, 0.25) is 0 Å². The van der Waals surface area contributed by atoms with Gasteiger partial charge in [0.1, 0.15) is 0 Å². The number of aryl methyl sites for hydroxylation is 1. The summed E-state index contributed by atoms with van der Waals surface area (Å²) in [6.07, 6.45) is 2.07. The van der Waals surface area contributed by atoms with E-state index >= 15 is 0 Å². The van der Waals surface area contributed by atoms with Gasteiger partial charge in [-0.25, -0.2) is 0 Å². The van der Waals surface area contributed by atoms with Crippen LogP contribution in [-0.2, 0) is 16.0 Å². The summed E-state index contributed by atoms with van der Waals surface area (Å²) in [5.41, 5.74) is 0.978. The highest BCUT2D eigenvalue weighted by molar-refractivity contribution is 5.90. The maximum atomic E-state index is 11.6. The van der Waals surface area contributed by atoms with Crippen LogP contribution in [0, 0.1) is 5.92 Å². The Labute approximate surface area is 106 Å². The molecule has 1 aromatic heterocycles. The van der Waals surface area contributed by atoms with Crippen molar-refractivity contribution in [3.63, 3.8) is 0 Å². The number of hydrogen-bond donors (Lipinski definition) is 3. The second-order valence-electron chi connectivity index (χ2n) is 4.48. The van der Waals surface area contributed by atoms with Gasteiger partial charge < -0.3 is 10.4 Å². The van der Waals surface area contributed by atoms with Gasteiger partial charge in [0, 0.05) is 24.6 Å². The normalized spacial score (nSPS) is 12.1. The maximum Gasteiger partial charge on any atom is 0.303 e. The van der Waals surface area contributed by atoms with Gasteiger partial charge in [-0.05, 0) is 12.3 Å². The first-order valence-electron chi connectivity index (χ1n) is 6.07. The number of carbonyl (C=O) groups is 2. The fourth-order valence-electron chi connectivity index (χ4n) is 1.70. The smallest absolute Gasteiger partial charge is 0.303 e. The molecule has 1 unspecified atom stereocenters. The van der Waals surface area contributed by atoms with Gasteiger partial charge in [-0.3, -0.25) is 14.7 Å². The van der Waals surface area contributed by atoms with Gasteiger partial charge in [0.15, 0.2) is 5.82 Å². The highest BCUT2D eigenvalue weighted by Gasteiger charge is 2.13. The summed E-state index contributed by atoms with van der Waals surface area (Å²) < 4.78 is 0. The number of aliphatic carboxylic acids is 1. The lowest BCUT2D eigenvalue weighted by Crippen LogP contribution is -2.17. The Kier molecular flexibility index (Phi) is 5.35. The third kappa shape index (κ3) is 4.99. The molecule has 0 saturated heterocycles. The zero-order valence-electron chi connectivity index (χ0n) is 10.7. The summed E-state index contributed by atoms with van der Waals surface area (Å²) in [4.78, 5) is 22.1. The lowest BCUT2D eigenvalue weighted by atomic mass is 10.0. The molecule has 0 aliphatic rings. The molecule has 1 aromatic rings. The number of rotatable bonds is 7. The van der Waals surface area contributed by atoms with Crippen molar-refractivity contribution < 1.29 is 14.7 Å². The minimum atomic E-state index is -0.889. The topological polar surface area (TPSA) is 95.1 Å². The lowest BCUT2D eigenvalue weighted by Gasteiger charge is -2.07. The Bertz CT molecular complexity index is 414. The number of aromatic nitrogens is 2. The second-order valence-corrected chi connectivity index (χ2v) is 4.48. The van der Waals surface area contributed by atoms with E-state index in [0.717, 1.165) is 18.5 Å². The third-order valence-electron chi connectivity index (χ3n) is 2.47. The molecule has 0 bridgehead atoms. The van der Waals surface area contributed by atoms with Crippen molar-refractivity contribution >= 4 is 17.7 Å². The van der Waals surface area contributed by atoms with Gasteiger partial charge in [0.25, 0.3) is 0 Å². The van der Waals surface area contributed by atoms with Crippen LogP contribution in [0.1, 0.15) is 38.8 Å². The van der Waals surface area contributed by atoms with E-state index in [4.69, 9.17) is 5.11 Å². The quantitative estimate of drug-likeness (QED) is 0.690. The molecule has 6 heteroatoms. The van der Waals surface area contributed by atoms with E-state index in [2.05, 4.69) is 22.4 Å². The minimum absolute atomic E-state index is 0.00489. The van der Waals surface area contributed by atoms with E-state index in [1.807, 2.05) is 0 Å². The van der Waals surface area contributed by atoms with E-state index in [0.29, 0.717) is 5.82 Å². The van der Waals surface area contributed by atoms with Gasteiger partial charge in [-0.2, -0.15) is 5.10 Å². The third-order valence-corrected chi connectivity index (χ3v) is 2.47. The van der Waals surface area contributed by atoms with E-state index in [9.17, 15) is 9.59 Å². The molecule has 0 aliphatic heterocycles. The highest BCUT2D eigenvalue weighted by atomic mass is 16.4. The molecule has 0 saturated carbocycles. The molecule has 0 radical (unpaired) electrons. The molecule has 0 aliphatic carbocycles. The summed E-state index contributed by atoms with van der Waals surface area (Å²) in [5.74, 6) is -0.791. The largest absolute Gasteiger partial charge is 0.481 e. The average Bonchev–Trinajstić information content (AvgIpc) is 2.64. The Balaban J connectivity index is 2.41. The SMILES string of the molecule is CCCc1cc(NC(=O)CC(C)CC(=O)O)n[nH]1. The average molecular weight is 253 g/mol. The molecular formula is C12H19N3O3. The number of carboxylic acid groups (broad SMARTS) is 1. The first-order chi connectivity index (χ1) is 8.51. The van der Waals surface area contributed by atoms with Crippen LogP contribution in [0.25, 0.3) is 0 Å². The molecule has 100 valence electrons. The minimum Gasteiger partial charge on any atom is -0.481 e. The number of amides is 1. The van der Waals surface area contributed by atoms with Gasteiger partial charge in [0.2, 0.25) is 5.91 Å². The van der Waals surface area contributed by atoms with Crippen LogP contribution >= 0.6 is 0 Å². The fraction of sp³-hybridized carbons (Fsp3) is 0.583. The van der Waals surface area contributed by atoms with Crippen LogP contribution < -0.4 is 5.32 Å². The van der Waals surface area contributed by atoms with Crippen molar-refractivity contribution in [1.82, 2.24) is 10.2 Å². The summed E-state index contributed by atoms with van der Waals surface area (Å²) in [7, 11) is 0. The van der Waals surface area contributed by atoms with E-state index in [1.165, 1.54) is 0 Å². The summed E-state index contributed by atoms with van der Waals surface area (Å²) in [6.45, 7) is 3.80. The molecular weight excluding hydrogens is 234 g/mol. The van der Waals surface area contributed by atoms with Gasteiger partial charge in [-0.15, -0.1) is 0 Å². The molecule has 1 atom stereocenters. The summed E-state index contributed by atoms with van der Waals surface area (Å²) in [6, 6.07) is 1.79. The maximum absolute atomic E-state index is 11.6. The van der Waals surface area contributed by atoms with E-state index in [-0.39, 0.29) is 24.7 Å². The van der Waals surface area contributed by atoms with Crippen LogP contribution in [0.4, 0.5) is 5.82 Å². The van der Waals surface area contributed by atoms with E-state index in [1.54, 1.807) is 13.0 Å². The Hall–Kier alpha value is -1.85. The van der Waals surface area contributed by atoms with Crippen molar-refractivity contribution in [3.05, 3.63) is 11.8 Å². The van der Waals surface area contributed by atoms with Crippen molar-refractivity contribution in [2.45, 2.75) is 39.5 Å². The number of nitrogens with one attached hydrogen (secondary N) is 2. The summed E-state index contributed by atoms with van der Waals surface area (Å²) >= 11 is 0. The van der Waals surface area contributed by atoms with Crippen molar-refractivity contribution in [1.29, 1.82) is 0 Å². The number of anilines is 1. The second kappa shape index (κ2) is 6.78. The number of aromatic amines is 1. The Morgan fingerprint density at radius 1 is 1.50 bits per heavy atom. The molecule has 0 spiro atoms. The van der Waals surface area contributed by atoms with Crippen molar-refractivity contribution in [3.8, 4) is 0 Å². The molecule has 0 aromatic carbocycles. The van der Waals surface area contributed by atoms with Crippen LogP contribution in [0.5, 0.6) is 0 Å². The molecule has 18 heavy (non-hydrogen) atoms. The lowest BCUT2D eigenvalue weighted by molar-refractivity contribution is -0.138. The molecule has 1 amide bonds. The number of H-pyrrole nitrogens is 1. The standard InChI is InChI=1S/C12H19N3O3/c1-3-4-9-7-10(15-14-9)13-11(16)5-8(2)6-12(17)18/h7-8H,3-6H2,1-2H3,(H,17,18)(H2,13,14,15,16). The summed E-state index contributed by atoms with van der Waals surface area (Å²) in [5, 5.41) is 18.1. The van der Waals surface area contributed by atoms with E-state index < -0.39 is 5.97 Å². The van der Waals surface area contributed by atoms with Crippen LogP contribution in [0.3, 0.4) is 0 Å². The fourth-order valence-corrected chi connectivity index (χ4v) is 1.70. The predicted molar refractivity (Wildman–Crippen MR) is 67.2 cm³/mol. The molecule has 1 rings (SSSR count). The van der Waals surface area contributed by atoms with Gasteiger partial charge in [0.05, 0.1) is 0 Å². The van der Waals surface area contributed by atoms with Crippen molar-refractivity contribution in [2.24, 2.45) is 5.92 Å². The Morgan fingerprint density at radius 2 is 2.22 bits per heavy atom. The zero-order chi connectivity index (χ0) is 13.5. The monoisotopic (exact) mass is 253 g/mol. The number of carboxylic acids is 1. The predicted octanol–water partition coefficient (Wildman–Crippen LogP) is 1.80. The van der Waals surface area contributed by atoms with Crippen LogP contribution in [-0.4, -0.2) is 27.2 Å². The van der Waals surface area contributed by atoms with Crippen molar-refractivity contribution in [2.75, 3.05) is 5.32 Å². The Morgan fingerprint density at radius 3 is 2.83 bits per heavy atom. The van der Waals surface area contributed by atoms with Crippen LogP contribution in [0.15, 0.2) is 6.07 Å². The number of carbonyl (C=O) groups excluding carboxylic acids is 1. The first-order valence-corrected chi connectivity index (χ1v) is 6.07. The van der Waals surface area contributed by atoms with Gasteiger partial charge in [-0.1, -0.05) is 20.3 Å². The number of hydrogen-bond acceptors (Lipinski definition) is 3. The molecule has 0 fully saturated rings. The zero-order valence-corrected chi connectivity index (χ0v) is 10.7. The number of nitrogens with zero attached hydrogens (tertiary/aromatic N) is 1. The first kappa shape index (κ1) is 14.2.